The summed E-state index contributed by atoms with van der Waals surface area (Å²) in [6.45, 7) is 0. The summed E-state index contributed by atoms with van der Waals surface area (Å²) in [5.74, 6) is 1.28. The van der Waals surface area contributed by atoms with Crippen molar-refractivity contribution in [1.29, 1.82) is 0 Å². The van der Waals surface area contributed by atoms with Gasteiger partial charge < -0.3 is 0 Å². The number of fused-ring (bicyclic) bond motifs is 1. The van der Waals surface area contributed by atoms with Gasteiger partial charge >= 0.3 is 0 Å². The molecule has 0 spiro atoms. The van der Waals surface area contributed by atoms with Gasteiger partial charge in [-0.15, -0.1) is 10.2 Å². The third-order valence-electron chi connectivity index (χ3n) is 3.70. The lowest BCUT2D eigenvalue weighted by atomic mass is 10.1. The zero-order valence-electron chi connectivity index (χ0n) is 12.7. The van der Waals surface area contributed by atoms with E-state index in [0.29, 0.717) is 11.6 Å². The number of rotatable bonds is 3. The first kappa shape index (κ1) is 16.0. The van der Waals surface area contributed by atoms with E-state index in [4.69, 9.17) is 0 Å². The van der Waals surface area contributed by atoms with Gasteiger partial charge in [0.25, 0.3) is 5.69 Å². The van der Waals surface area contributed by atoms with Crippen molar-refractivity contribution in [2.45, 2.75) is 5.16 Å². The summed E-state index contributed by atoms with van der Waals surface area (Å²) in [6, 6.07) is 14.1. The number of hydrogen-bond acceptors (Lipinski definition) is 6. The molecule has 1 aliphatic heterocycles. The topological polar surface area (TPSA) is 86.2 Å². The van der Waals surface area contributed by atoms with E-state index >= 15 is 0 Å². The van der Waals surface area contributed by atoms with E-state index in [1.54, 1.807) is 16.8 Å². The summed E-state index contributed by atoms with van der Waals surface area (Å²) in [4.78, 5) is 10.4. The monoisotopic (exact) mass is 415 g/mol. The van der Waals surface area contributed by atoms with Gasteiger partial charge in [-0.25, -0.2) is 0 Å². The Hall–Kier alpha value is -2.52. The lowest BCUT2D eigenvalue weighted by Crippen LogP contribution is -2.13. The zero-order chi connectivity index (χ0) is 17.4. The predicted molar refractivity (Wildman–Crippen MR) is 98.9 cm³/mol. The highest BCUT2D eigenvalue weighted by molar-refractivity contribution is 9.10. The van der Waals surface area contributed by atoms with Crippen molar-refractivity contribution in [3.05, 3.63) is 68.7 Å². The second-order valence-electron chi connectivity index (χ2n) is 5.24. The number of nitro benzene ring substituents is 1. The van der Waals surface area contributed by atoms with Gasteiger partial charge in [0.05, 0.1) is 10.6 Å². The molecule has 25 heavy (non-hydrogen) atoms. The van der Waals surface area contributed by atoms with Crippen LogP contribution in [0.3, 0.4) is 0 Å². The summed E-state index contributed by atoms with van der Waals surface area (Å²) in [5.41, 5.74) is 2.62. The van der Waals surface area contributed by atoms with Crippen LogP contribution in [0.5, 0.6) is 0 Å². The number of thioether (sulfide) groups is 1. The Morgan fingerprint density at radius 2 is 1.88 bits per heavy atom. The maximum absolute atomic E-state index is 10.8. The highest BCUT2D eigenvalue weighted by Gasteiger charge is 2.22. The second-order valence-corrected chi connectivity index (χ2v) is 7.03. The maximum atomic E-state index is 10.8. The van der Waals surface area contributed by atoms with E-state index in [1.165, 1.54) is 23.9 Å². The average molecular weight is 416 g/mol. The highest BCUT2D eigenvalue weighted by atomic mass is 79.9. The highest BCUT2D eigenvalue weighted by Crippen LogP contribution is 2.32. The zero-order valence-corrected chi connectivity index (χ0v) is 15.1. The molecule has 3 aromatic rings. The fraction of sp³-hybridized carbons (Fsp3) is 0.0625. The van der Waals surface area contributed by atoms with Gasteiger partial charge in [0.2, 0.25) is 5.16 Å². The van der Waals surface area contributed by atoms with Crippen molar-refractivity contribution in [1.82, 2.24) is 14.9 Å². The van der Waals surface area contributed by atoms with Crippen LogP contribution in [0, 0.1) is 10.1 Å². The van der Waals surface area contributed by atoms with Gasteiger partial charge in [-0.3, -0.25) is 10.1 Å². The number of nitro groups is 1. The van der Waals surface area contributed by atoms with Crippen molar-refractivity contribution >= 4 is 39.1 Å². The molecule has 1 aliphatic rings. The van der Waals surface area contributed by atoms with Crippen LogP contribution in [-0.2, 0) is 0 Å². The minimum absolute atomic E-state index is 0.0618. The molecule has 0 atom stereocenters. The van der Waals surface area contributed by atoms with Crippen LogP contribution in [0.2, 0.25) is 0 Å². The largest absolute Gasteiger partial charge is 0.269 e. The van der Waals surface area contributed by atoms with Crippen LogP contribution in [0.25, 0.3) is 11.4 Å². The Morgan fingerprint density at radius 3 is 2.60 bits per heavy atom. The van der Waals surface area contributed by atoms with Crippen molar-refractivity contribution in [3.63, 3.8) is 0 Å². The van der Waals surface area contributed by atoms with Crippen molar-refractivity contribution in [3.8, 4) is 11.4 Å². The molecule has 0 amide bonds. The normalized spacial score (nSPS) is 13.2. The summed E-state index contributed by atoms with van der Waals surface area (Å²) < 4.78 is 2.62. The fourth-order valence-electron chi connectivity index (χ4n) is 2.46. The molecule has 2 heterocycles. The van der Waals surface area contributed by atoms with E-state index in [0.717, 1.165) is 26.5 Å². The van der Waals surface area contributed by atoms with Crippen LogP contribution in [0.4, 0.5) is 5.69 Å². The van der Waals surface area contributed by atoms with Crippen molar-refractivity contribution in [2.75, 3.05) is 5.75 Å². The molecule has 0 saturated carbocycles. The number of aromatic nitrogens is 3. The van der Waals surface area contributed by atoms with E-state index in [9.17, 15) is 10.1 Å². The molecule has 0 fully saturated rings. The Balaban J connectivity index is 1.76. The Bertz CT molecular complexity index is 1000. The second kappa shape index (κ2) is 6.41. The van der Waals surface area contributed by atoms with Crippen LogP contribution in [0.1, 0.15) is 5.56 Å². The summed E-state index contributed by atoms with van der Waals surface area (Å²) in [6.07, 6.45) is 0. The molecule has 0 N–H and O–H groups in total. The smallest absolute Gasteiger partial charge is 0.258 e. The maximum Gasteiger partial charge on any atom is 0.269 e. The molecular weight excluding hydrogens is 406 g/mol. The van der Waals surface area contributed by atoms with Crippen LogP contribution < -0.4 is 0 Å². The third-order valence-corrected chi connectivity index (χ3v) is 5.32. The number of hydrogen-bond donors (Lipinski definition) is 0. The molecule has 0 bridgehead atoms. The number of halogens is 1. The SMILES string of the molecule is O=[N+]([O-])c1ccc(C2=Nn3c(nnc3-c3ccccc3Br)SC2)cc1. The molecule has 2 aromatic carbocycles. The van der Waals surface area contributed by atoms with E-state index in [1.807, 2.05) is 24.3 Å². The van der Waals surface area contributed by atoms with Crippen LogP contribution >= 0.6 is 27.7 Å². The molecule has 9 heteroatoms. The van der Waals surface area contributed by atoms with Crippen molar-refractivity contribution < 1.29 is 4.92 Å². The number of benzene rings is 2. The lowest BCUT2D eigenvalue weighted by molar-refractivity contribution is -0.384. The molecule has 4 rings (SSSR count). The molecular formula is C16H10BrN5O2S. The third kappa shape index (κ3) is 2.96. The van der Waals surface area contributed by atoms with Gasteiger partial charge in [-0.2, -0.15) is 9.78 Å². The molecule has 0 saturated heterocycles. The first-order valence-electron chi connectivity index (χ1n) is 7.29. The van der Waals surface area contributed by atoms with Crippen LogP contribution in [0.15, 0.2) is 63.3 Å². The quantitative estimate of drug-likeness (QED) is 0.476. The molecule has 7 nitrogen and oxygen atoms in total. The van der Waals surface area contributed by atoms with Crippen molar-refractivity contribution in [2.24, 2.45) is 5.10 Å². The van der Waals surface area contributed by atoms with Gasteiger partial charge in [-0.05, 0) is 29.8 Å². The Labute approximate surface area is 155 Å². The van der Waals surface area contributed by atoms with Crippen LogP contribution in [-0.4, -0.2) is 31.3 Å². The Morgan fingerprint density at radius 1 is 1.12 bits per heavy atom. The fourth-order valence-corrected chi connectivity index (χ4v) is 3.76. The van der Waals surface area contributed by atoms with E-state index in [2.05, 4.69) is 31.2 Å². The van der Waals surface area contributed by atoms with Gasteiger partial charge in [0, 0.05) is 27.9 Å². The standard InChI is InChI=1S/C16H10BrN5O2S/c17-13-4-2-1-3-12(13)15-18-19-16-21(15)20-14(9-25-16)10-5-7-11(8-6-10)22(23)24/h1-8H,9H2. The molecule has 124 valence electrons. The molecule has 0 aliphatic carbocycles. The van der Waals surface area contributed by atoms with Gasteiger partial charge in [0.1, 0.15) is 0 Å². The molecule has 0 unspecified atom stereocenters. The minimum Gasteiger partial charge on any atom is -0.258 e. The minimum atomic E-state index is -0.413. The Kier molecular flexibility index (Phi) is 4.10. The first-order valence-corrected chi connectivity index (χ1v) is 9.07. The van der Waals surface area contributed by atoms with Gasteiger partial charge in [0.15, 0.2) is 5.82 Å². The average Bonchev–Trinajstić information content (AvgIpc) is 3.05. The number of non-ortho nitro benzene ring substituents is 1. The summed E-state index contributed by atoms with van der Waals surface area (Å²) >= 11 is 5.06. The number of nitrogens with zero attached hydrogens (tertiary/aromatic N) is 5. The lowest BCUT2D eigenvalue weighted by Gasteiger charge is -2.14. The van der Waals surface area contributed by atoms with E-state index in [-0.39, 0.29) is 5.69 Å². The summed E-state index contributed by atoms with van der Waals surface area (Å²) in [7, 11) is 0. The van der Waals surface area contributed by atoms with Gasteiger partial charge in [-0.1, -0.05) is 39.8 Å². The molecule has 1 aromatic heterocycles. The predicted octanol–water partition coefficient (Wildman–Crippen LogP) is 3.97. The molecule has 0 radical (unpaired) electrons. The first-order chi connectivity index (χ1) is 12.1. The summed E-state index contributed by atoms with van der Waals surface area (Å²) in [5, 5.41) is 24.6. The van der Waals surface area contributed by atoms with E-state index < -0.39 is 4.92 Å².